The molecule has 1 aliphatic heterocycles. The molecule has 2 nitrogen and oxygen atoms in total. The Kier molecular flexibility index (Phi) is 2.85. The van der Waals surface area contributed by atoms with E-state index in [1.165, 1.54) is 39.0 Å². The van der Waals surface area contributed by atoms with Crippen LogP contribution in [0.5, 0.6) is 0 Å². The smallest absolute Gasteiger partial charge is 0.0209 e. The zero-order valence-electron chi connectivity index (χ0n) is 10.8. The maximum Gasteiger partial charge on any atom is 0.0209 e. The molecule has 0 aromatic carbocycles. The minimum Gasteiger partial charge on any atom is -0.317 e. The molecule has 0 aromatic rings. The Morgan fingerprint density at radius 3 is 1.80 bits per heavy atom. The van der Waals surface area contributed by atoms with Gasteiger partial charge in [0.15, 0.2) is 0 Å². The highest BCUT2D eigenvalue weighted by Crippen LogP contribution is 2.65. The van der Waals surface area contributed by atoms with Gasteiger partial charge in [-0.25, -0.2) is 0 Å². The van der Waals surface area contributed by atoms with Crippen molar-refractivity contribution in [1.29, 1.82) is 0 Å². The molecule has 15 heavy (non-hydrogen) atoms. The second-order valence-corrected chi connectivity index (χ2v) is 6.34. The Hall–Kier alpha value is -0.0800. The molecule has 0 aromatic heterocycles. The molecule has 0 bridgehead atoms. The molecule has 0 atom stereocenters. The average molecular weight is 210 g/mol. The summed E-state index contributed by atoms with van der Waals surface area (Å²) in [5.74, 6) is 0. The molecule has 2 fully saturated rings. The molecule has 1 N–H and O–H groups in total. The van der Waals surface area contributed by atoms with Crippen molar-refractivity contribution in [3.05, 3.63) is 0 Å². The third-order valence-corrected chi connectivity index (χ3v) is 4.91. The van der Waals surface area contributed by atoms with Crippen LogP contribution in [0.1, 0.15) is 40.5 Å². The van der Waals surface area contributed by atoms with Crippen LogP contribution >= 0.6 is 0 Å². The molecule has 0 amide bonds. The first kappa shape index (κ1) is 11.4. The predicted molar refractivity (Wildman–Crippen MR) is 65.0 cm³/mol. The van der Waals surface area contributed by atoms with Gasteiger partial charge in [-0.05, 0) is 49.9 Å². The maximum absolute atomic E-state index is 3.48. The number of rotatable bonds is 1. The van der Waals surface area contributed by atoms with Gasteiger partial charge in [-0.2, -0.15) is 0 Å². The quantitative estimate of drug-likeness (QED) is 0.713. The second kappa shape index (κ2) is 3.74. The van der Waals surface area contributed by atoms with Gasteiger partial charge in [-0.1, -0.05) is 27.7 Å². The average Bonchev–Trinajstić information content (AvgIpc) is 2.45. The predicted octanol–water partition coefficient (Wildman–Crippen LogP) is 2.11. The van der Waals surface area contributed by atoms with Gasteiger partial charge in [0.1, 0.15) is 0 Å². The molecular weight excluding hydrogens is 184 g/mol. The van der Waals surface area contributed by atoms with Crippen molar-refractivity contribution < 1.29 is 0 Å². The van der Waals surface area contributed by atoms with E-state index in [4.69, 9.17) is 0 Å². The van der Waals surface area contributed by atoms with E-state index in [0.717, 1.165) is 6.04 Å². The van der Waals surface area contributed by atoms with Gasteiger partial charge in [0.05, 0.1) is 0 Å². The first-order valence-corrected chi connectivity index (χ1v) is 6.43. The van der Waals surface area contributed by atoms with E-state index in [2.05, 4.69) is 37.9 Å². The van der Waals surface area contributed by atoms with E-state index in [1.54, 1.807) is 0 Å². The van der Waals surface area contributed by atoms with Gasteiger partial charge in [-0.15, -0.1) is 0 Å². The van der Waals surface area contributed by atoms with Gasteiger partial charge in [0, 0.05) is 6.04 Å². The van der Waals surface area contributed by atoms with Crippen LogP contribution in [0.3, 0.4) is 0 Å². The van der Waals surface area contributed by atoms with Crippen LogP contribution in [0.15, 0.2) is 0 Å². The number of nitrogens with one attached hydrogen (secondary N) is 1. The molecule has 2 aliphatic rings. The zero-order chi connectivity index (χ0) is 11.1. The molecule has 0 spiro atoms. The summed E-state index contributed by atoms with van der Waals surface area (Å²) >= 11 is 0. The summed E-state index contributed by atoms with van der Waals surface area (Å²) in [6.07, 6.45) is 2.62. The molecule has 2 rings (SSSR count). The molecule has 2 heteroatoms. The van der Waals surface area contributed by atoms with Crippen molar-refractivity contribution in [1.82, 2.24) is 10.2 Å². The van der Waals surface area contributed by atoms with E-state index in [0.29, 0.717) is 10.8 Å². The lowest BCUT2D eigenvalue weighted by Gasteiger charge is -2.27. The van der Waals surface area contributed by atoms with Gasteiger partial charge >= 0.3 is 0 Å². The first-order valence-electron chi connectivity index (χ1n) is 6.43. The van der Waals surface area contributed by atoms with Crippen molar-refractivity contribution in [3.63, 3.8) is 0 Å². The summed E-state index contributed by atoms with van der Waals surface area (Å²) in [6.45, 7) is 14.7. The normalized spacial score (nSPS) is 32.0. The summed E-state index contributed by atoms with van der Waals surface area (Å²) in [7, 11) is 0. The Bertz CT molecular complexity index is 211. The Labute approximate surface area is 94.4 Å². The Morgan fingerprint density at radius 1 is 0.933 bits per heavy atom. The highest BCUT2D eigenvalue weighted by Gasteiger charge is 2.66. The third-order valence-electron chi connectivity index (χ3n) is 4.91. The van der Waals surface area contributed by atoms with Gasteiger partial charge in [0.25, 0.3) is 0 Å². The SMILES string of the molecule is CC1(C)C(N2CCCNCCC2)C1(C)C. The summed E-state index contributed by atoms with van der Waals surface area (Å²) in [5, 5.41) is 3.48. The molecule has 88 valence electrons. The lowest BCUT2D eigenvalue weighted by Crippen LogP contribution is -2.37. The molecule has 1 saturated heterocycles. The lowest BCUT2D eigenvalue weighted by atomic mass is 10.0. The summed E-state index contributed by atoms with van der Waals surface area (Å²) < 4.78 is 0. The van der Waals surface area contributed by atoms with Crippen LogP contribution < -0.4 is 5.32 Å². The largest absolute Gasteiger partial charge is 0.317 e. The van der Waals surface area contributed by atoms with Crippen molar-refractivity contribution in [3.8, 4) is 0 Å². The molecule has 1 saturated carbocycles. The van der Waals surface area contributed by atoms with Crippen LogP contribution in [0.25, 0.3) is 0 Å². The van der Waals surface area contributed by atoms with Crippen LogP contribution in [-0.4, -0.2) is 37.1 Å². The van der Waals surface area contributed by atoms with E-state index >= 15 is 0 Å². The Morgan fingerprint density at radius 2 is 1.40 bits per heavy atom. The molecule has 0 radical (unpaired) electrons. The van der Waals surface area contributed by atoms with Gasteiger partial charge in [0.2, 0.25) is 0 Å². The van der Waals surface area contributed by atoms with E-state index < -0.39 is 0 Å². The maximum atomic E-state index is 3.48. The van der Waals surface area contributed by atoms with E-state index in [1.807, 2.05) is 0 Å². The summed E-state index contributed by atoms with van der Waals surface area (Å²) in [4.78, 5) is 2.74. The highest BCUT2D eigenvalue weighted by atomic mass is 15.2. The summed E-state index contributed by atoms with van der Waals surface area (Å²) in [5.41, 5.74) is 1.03. The summed E-state index contributed by atoms with van der Waals surface area (Å²) in [6, 6.07) is 0.808. The van der Waals surface area contributed by atoms with Crippen LogP contribution in [0, 0.1) is 10.8 Å². The molecule has 1 aliphatic carbocycles. The number of hydrogen-bond acceptors (Lipinski definition) is 2. The fourth-order valence-electron chi connectivity index (χ4n) is 3.38. The Balaban J connectivity index is 1.98. The molecule has 0 unspecified atom stereocenters. The van der Waals surface area contributed by atoms with E-state index in [-0.39, 0.29) is 0 Å². The van der Waals surface area contributed by atoms with Crippen molar-refractivity contribution in [2.24, 2.45) is 10.8 Å². The second-order valence-electron chi connectivity index (χ2n) is 6.34. The van der Waals surface area contributed by atoms with Crippen molar-refractivity contribution >= 4 is 0 Å². The number of nitrogens with zero attached hydrogens (tertiary/aromatic N) is 1. The van der Waals surface area contributed by atoms with E-state index in [9.17, 15) is 0 Å². The van der Waals surface area contributed by atoms with Crippen molar-refractivity contribution in [2.45, 2.75) is 46.6 Å². The monoisotopic (exact) mass is 210 g/mol. The van der Waals surface area contributed by atoms with Gasteiger partial charge in [-0.3, -0.25) is 4.90 Å². The fourth-order valence-corrected chi connectivity index (χ4v) is 3.38. The standard InChI is InChI=1S/C13H26N2/c1-12(2)11(13(12,3)4)15-9-5-7-14-8-6-10-15/h11,14H,5-10H2,1-4H3. The first-order chi connectivity index (χ1) is 6.98. The molecule has 1 heterocycles. The van der Waals surface area contributed by atoms with Crippen LogP contribution in [0.2, 0.25) is 0 Å². The fraction of sp³-hybridized carbons (Fsp3) is 1.00. The van der Waals surface area contributed by atoms with Crippen molar-refractivity contribution in [2.75, 3.05) is 26.2 Å². The zero-order valence-corrected chi connectivity index (χ0v) is 10.8. The van der Waals surface area contributed by atoms with Crippen LogP contribution in [-0.2, 0) is 0 Å². The topological polar surface area (TPSA) is 15.3 Å². The van der Waals surface area contributed by atoms with Crippen LogP contribution in [0.4, 0.5) is 0 Å². The highest BCUT2D eigenvalue weighted by molar-refractivity contribution is 5.18. The number of hydrogen-bond donors (Lipinski definition) is 1. The van der Waals surface area contributed by atoms with Gasteiger partial charge < -0.3 is 5.32 Å². The third kappa shape index (κ3) is 1.83. The minimum atomic E-state index is 0.514. The molecular formula is C13H26N2. The lowest BCUT2D eigenvalue weighted by molar-refractivity contribution is 0.209. The minimum absolute atomic E-state index is 0.514.